The molecule has 146 valence electrons. The molecule has 3 aliphatic heterocycles. The number of benzene rings is 2. The summed E-state index contributed by atoms with van der Waals surface area (Å²) in [7, 11) is 1.67. The average Bonchev–Trinajstić information content (AvgIpc) is 3.34. The normalized spacial score (nSPS) is 29.2. The molecule has 0 bridgehead atoms. The number of hydrogen-bond donors (Lipinski definition) is 0. The first-order chi connectivity index (χ1) is 13.6. The average molecular weight is 397 g/mol. The van der Waals surface area contributed by atoms with Gasteiger partial charge >= 0.3 is 0 Å². The standard InChI is InChI=1S/C23H25ClN2O2/c1-28-18-9-7-16(8-10-18)14-25-15-17-13-21(19-5-2-3-6-20(19)24)26-12-4-11-23(17,26)22(25)27/h2-3,5-10,17,21H,4,11-15H2,1H3/t17-,21-,23-/m0/s1. The van der Waals surface area contributed by atoms with Gasteiger partial charge in [0.25, 0.3) is 0 Å². The van der Waals surface area contributed by atoms with Crippen LogP contribution < -0.4 is 4.74 Å². The van der Waals surface area contributed by atoms with Crippen molar-refractivity contribution in [2.75, 3.05) is 20.2 Å². The minimum absolute atomic E-state index is 0.258. The summed E-state index contributed by atoms with van der Waals surface area (Å²) in [6, 6.07) is 16.4. The highest BCUT2D eigenvalue weighted by molar-refractivity contribution is 6.31. The molecule has 0 radical (unpaired) electrons. The predicted molar refractivity (Wildman–Crippen MR) is 109 cm³/mol. The topological polar surface area (TPSA) is 32.8 Å². The van der Waals surface area contributed by atoms with E-state index in [4.69, 9.17) is 16.3 Å². The smallest absolute Gasteiger partial charge is 0.243 e. The molecule has 0 unspecified atom stereocenters. The Morgan fingerprint density at radius 2 is 1.96 bits per heavy atom. The van der Waals surface area contributed by atoms with Crippen molar-refractivity contribution in [3.8, 4) is 5.75 Å². The van der Waals surface area contributed by atoms with Crippen molar-refractivity contribution in [2.45, 2.75) is 37.4 Å². The highest BCUT2D eigenvalue weighted by Gasteiger charge is 2.65. The Bertz CT molecular complexity index is 900. The molecule has 28 heavy (non-hydrogen) atoms. The number of carbonyl (C=O) groups is 1. The first-order valence-electron chi connectivity index (χ1n) is 10.1. The summed E-state index contributed by atoms with van der Waals surface area (Å²) >= 11 is 6.51. The molecule has 2 aromatic rings. The monoisotopic (exact) mass is 396 g/mol. The molecule has 4 nitrogen and oxygen atoms in total. The molecule has 2 aromatic carbocycles. The third kappa shape index (κ3) is 2.58. The summed E-state index contributed by atoms with van der Waals surface area (Å²) in [5, 5.41) is 0.817. The van der Waals surface area contributed by atoms with Crippen molar-refractivity contribution >= 4 is 17.5 Å². The number of halogens is 1. The van der Waals surface area contributed by atoms with E-state index in [1.807, 2.05) is 24.3 Å². The van der Waals surface area contributed by atoms with Crippen molar-refractivity contribution < 1.29 is 9.53 Å². The van der Waals surface area contributed by atoms with Gasteiger partial charge in [0.05, 0.1) is 7.11 Å². The van der Waals surface area contributed by atoms with Gasteiger partial charge in [-0.1, -0.05) is 41.9 Å². The van der Waals surface area contributed by atoms with E-state index in [1.54, 1.807) is 7.11 Å². The minimum atomic E-state index is -0.323. The van der Waals surface area contributed by atoms with Gasteiger partial charge in [-0.3, -0.25) is 9.69 Å². The lowest BCUT2D eigenvalue weighted by atomic mass is 9.85. The molecule has 5 heteroatoms. The van der Waals surface area contributed by atoms with Crippen molar-refractivity contribution in [1.29, 1.82) is 0 Å². The summed E-state index contributed by atoms with van der Waals surface area (Å²) < 4.78 is 5.24. The van der Waals surface area contributed by atoms with Gasteiger partial charge in [-0.2, -0.15) is 0 Å². The quantitative estimate of drug-likeness (QED) is 0.773. The Hall–Kier alpha value is -2.04. The maximum Gasteiger partial charge on any atom is 0.243 e. The van der Waals surface area contributed by atoms with Crippen LogP contribution in [0.25, 0.3) is 0 Å². The molecule has 0 N–H and O–H groups in total. The zero-order chi connectivity index (χ0) is 19.3. The van der Waals surface area contributed by atoms with Crippen LogP contribution in [-0.2, 0) is 11.3 Å². The second kappa shape index (κ2) is 6.78. The highest BCUT2D eigenvalue weighted by atomic mass is 35.5. The Morgan fingerprint density at radius 1 is 1.18 bits per heavy atom. The molecule has 3 saturated heterocycles. The fourth-order valence-corrected chi connectivity index (χ4v) is 5.97. The molecule has 5 rings (SSSR count). The molecule has 3 atom stereocenters. The molecular weight excluding hydrogens is 372 g/mol. The maximum atomic E-state index is 13.6. The SMILES string of the molecule is COc1ccc(CN2C[C@@H]3C[C@@H](c4ccccc4Cl)N4CCC[C@@]34C2=O)cc1. The summed E-state index contributed by atoms with van der Waals surface area (Å²) in [5.41, 5.74) is 2.00. The van der Waals surface area contributed by atoms with Gasteiger partial charge in [-0.25, -0.2) is 0 Å². The third-order valence-corrected chi connectivity index (χ3v) is 7.27. The second-order valence-corrected chi connectivity index (χ2v) is 8.63. The van der Waals surface area contributed by atoms with Crippen LogP contribution >= 0.6 is 11.6 Å². The molecule has 3 aliphatic rings. The molecule has 1 amide bonds. The minimum Gasteiger partial charge on any atom is -0.497 e. The summed E-state index contributed by atoms with van der Waals surface area (Å²) in [5.74, 6) is 1.53. The molecule has 3 heterocycles. The summed E-state index contributed by atoms with van der Waals surface area (Å²) in [6.07, 6.45) is 3.06. The number of nitrogens with zero attached hydrogens (tertiary/aromatic N) is 2. The first kappa shape index (κ1) is 18.0. The molecule has 3 fully saturated rings. The lowest BCUT2D eigenvalue weighted by molar-refractivity contribution is -0.137. The third-order valence-electron chi connectivity index (χ3n) is 6.92. The van der Waals surface area contributed by atoms with Crippen LogP contribution in [-0.4, -0.2) is 41.4 Å². The maximum absolute atomic E-state index is 13.6. The van der Waals surface area contributed by atoms with Crippen LogP contribution in [0.3, 0.4) is 0 Å². The van der Waals surface area contributed by atoms with Gasteiger partial charge in [-0.05, 0) is 55.1 Å². The number of hydrogen-bond acceptors (Lipinski definition) is 3. The zero-order valence-electron chi connectivity index (χ0n) is 16.1. The van der Waals surface area contributed by atoms with E-state index in [1.165, 1.54) is 5.56 Å². The van der Waals surface area contributed by atoms with E-state index < -0.39 is 0 Å². The van der Waals surface area contributed by atoms with E-state index >= 15 is 0 Å². The highest BCUT2D eigenvalue weighted by Crippen LogP contribution is 2.56. The van der Waals surface area contributed by atoms with E-state index in [-0.39, 0.29) is 11.6 Å². The van der Waals surface area contributed by atoms with Gasteiger partial charge in [0.15, 0.2) is 0 Å². The van der Waals surface area contributed by atoms with E-state index in [2.05, 4.69) is 34.1 Å². The summed E-state index contributed by atoms with van der Waals surface area (Å²) in [6.45, 7) is 2.49. The van der Waals surface area contributed by atoms with E-state index in [9.17, 15) is 4.79 Å². The van der Waals surface area contributed by atoms with Crippen LogP contribution in [0.5, 0.6) is 5.75 Å². The van der Waals surface area contributed by atoms with Crippen molar-refractivity contribution in [3.63, 3.8) is 0 Å². The molecule has 0 aromatic heterocycles. The fraction of sp³-hybridized carbons (Fsp3) is 0.435. The molecule has 0 saturated carbocycles. The summed E-state index contributed by atoms with van der Waals surface area (Å²) in [4.78, 5) is 18.1. The van der Waals surface area contributed by atoms with Crippen LogP contribution in [0.2, 0.25) is 5.02 Å². The van der Waals surface area contributed by atoms with E-state index in [0.29, 0.717) is 18.4 Å². The Labute approximate surface area is 171 Å². The fourth-order valence-electron chi connectivity index (χ4n) is 5.71. The first-order valence-corrected chi connectivity index (χ1v) is 10.4. The lowest BCUT2D eigenvalue weighted by Gasteiger charge is -2.34. The van der Waals surface area contributed by atoms with Gasteiger partial charge in [0, 0.05) is 30.1 Å². The Morgan fingerprint density at radius 3 is 2.71 bits per heavy atom. The van der Waals surface area contributed by atoms with Crippen molar-refractivity contribution in [2.24, 2.45) is 5.92 Å². The van der Waals surface area contributed by atoms with Gasteiger partial charge in [-0.15, -0.1) is 0 Å². The van der Waals surface area contributed by atoms with Crippen molar-refractivity contribution in [3.05, 3.63) is 64.7 Å². The van der Waals surface area contributed by atoms with Crippen LogP contribution in [0.4, 0.5) is 0 Å². The zero-order valence-corrected chi connectivity index (χ0v) is 16.9. The Kier molecular flexibility index (Phi) is 4.37. The predicted octanol–water partition coefficient (Wildman–Crippen LogP) is 4.29. The van der Waals surface area contributed by atoms with Gasteiger partial charge in [0.1, 0.15) is 11.3 Å². The van der Waals surface area contributed by atoms with Crippen LogP contribution in [0.15, 0.2) is 48.5 Å². The number of likely N-dealkylation sites (tertiary alicyclic amines) is 1. The number of amides is 1. The van der Waals surface area contributed by atoms with E-state index in [0.717, 1.165) is 48.7 Å². The van der Waals surface area contributed by atoms with Crippen LogP contribution in [0.1, 0.15) is 36.4 Å². The molecule has 0 aliphatic carbocycles. The number of ether oxygens (including phenoxy) is 1. The lowest BCUT2D eigenvalue weighted by Crippen LogP contribution is -2.49. The largest absolute Gasteiger partial charge is 0.497 e. The number of methoxy groups -OCH3 is 1. The van der Waals surface area contributed by atoms with Gasteiger partial charge < -0.3 is 9.64 Å². The molecule has 1 spiro atoms. The van der Waals surface area contributed by atoms with Gasteiger partial charge in [0.2, 0.25) is 5.91 Å². The van der Waals surface area contributed by atoms with Crippen molar-refractivity contribution in [1.82, 2.24) is 9.80 Å². The second-order valence-electron chi connectivity index (χ2n) is 8.22. The number of rotatable bonds is 4. The Balaban J connectivity index is 1.40. The number of carbonyl (C=O) groups excluding carboxylic acids is 1. The van der Waals surface area contributed by atoms with Crippen LogP contribution in [0, 0.1) is 5.92 Å². The molecular formula is C23H25ClN2O2.